The first-order valence-electron chi connectivity index (χ1n) is 8.28. The van der Waals surface area contributed by atoms with Crippen LogP contribution in [0.2, 0.25) is 5.02 Å². The van der Waals surface area contributed by atoms with Gasteiger partial charge in [-0.2, -0.15) is 11.8 Å². The van der Waals surface area contributed by atoms with E-state index in [9.17, 15) is 19.2 Å². The lowest BCUT2D eigenvalue weighted by Crippen LogP contribution is -2.49. The van der Waals surface area contributed by atoms with Gasteiger partial charge in [0.25, 0.3) is 0 Å². The molecular formula is C17H22ClN3O6S. The van der Waals surface area contributed by atoms with E-state index in [1.807, 2.05) is 6.07 Å². The molecule has 0 fully saturated rings. The molecule has 11 heteroatoms. The van der Waals surface area contributed by atoms with E-state index in [0.717, 1.165) is 5.56 Å². The average Bonchev–Trinajstić information content (AvgIpc) is 2.63. The largest absolute Gasteiger partial charge is 0.480 e. The van der Waals surface area contributed by atoms with Gasteiger partial charge in [-0.1, -0.05) is 23.7 Å². The maximum Gasteiger partial charge on any atom is 0.322 e. The molecule has 1 aromatic rings. The number of amides is 2. The van der Waals surface area contributed by atoms with E-state index < -0.39 is 42.4 Å². The van der Waals surface area contributed by atoms with Crippen molar-refractivity contribution in [2.45, 2.75) is 30.7 Å². The van der Waals surface area contributed by atoms with Gasteiger partial charge in [0.15, 0.2) is 0 Å². The summed E-state index contributed by atoms with van der Waals surface area (Å²) < 4.78 is 0. The molecule has 0 aliphatic heterocycles. The van der Waals surface area contributed by atoms with E-state index in [4.69, 9.17) is 27.5 Å². The highest BCUT2D eigenvalue weighted by Gasteiger charge is 2.22. The number of benzene rings is 1. The third kappa shape index (κ3) is 9.58. The van der Waals surface area contributed by atoms with Crippen LogP contribution in [0.3, 0.4) is 0 Å². The monoisotopic (exact) mass is 431 g/mol. The molecule has 0 saturated heterocycles. The minimum atomic E-state index is -1.22. The second-order valence-corrected chi connectivity index (χ2v) is 7.33. The SMILES string of the molecule is N[C@@H](CCC(=O)N[C@@H](CSCc1cccc(Cl)c1)C(=O)NCC(=O)O)C(=O)O. The molecule has 0 saturated carbocycles. The van der Waals surface area contributed by atoms with Gasteiger partial charge in [-0.25, -0.2) is 0 Å². The van der Waals surface area contributed by atoms with Crippen LogP contribution in [0.5, 0.6) is 0 Å². The lowest BCUT2D eigenvalue weighted by atomic mass is 10.1. The van der Waals surface area contributed by atoms with Crippen LogP contribution in [-0.4, -0.2) is 58.3 Å². The van der Waals surface area contributed by atoms with Crippen molar-refractivity contribution in [2.24, 2.45) is 5.73 Å². The van der Waals surface area contributed by atoms with E-state index in [-0.39, 0.29) is 18.6 Å². The molecule has 0 bridgehead atoms. The second kappa shape index (κ2) is 12.2. The Morgan fingerprint density at radius 3 is 2.54 bits per heavy atom. The number of nitrogens with one attached hydrogen (secondary N) is 2. The van der Waals surface area contributed by atoms with Crippen molar-refractivity contribution in [3.8, 4) is 0 Å². The van der Waals surface area contributed by atoms with Crippen molar-refractivity contribution in [1.29, 1.82) is 0 Å². The van der Waals surface area contributed by atoms with Crippen molar-refractivity contribution in [3.05, 3.63) is 34.9 Å². The molecule has 154 valence electrons. The number of carbonyl (C=O) groups is 4. The van der Waals surface area contributed by atoms with Gasteiger partial charge in [0, 0.05) is 22.9 Å². The maximum atomic E-state index is 12.2. The molecule has 6 N–H and O–H groups in total. The molecule has 0 aliphatic carbocycles. The van der Waals surface area contributed by atoms with E-state index in [2.05, 4.69) is 10.6 Å². The minimum Gasteiger partial charge on any atom is -0.480 e. The quantitative estimate of drug-likeness (QED) is 0.319. The lowest BCUT2D eigenvalue weighted by Gasteiger charge is -2.18. The first-order valence-corrected chi connectivity index (χ1v) is 9.81. The number of nitrogens with two attached hydrogens (primary N) is 1. The molecule has 0 unspecified atom stereocenters. The first-order chi connectivity index (χ1) is 13.2. The van der Waals surface area contributed by atoms with Crippen LogP contribution in [0.4, 0.5) is 0 Å². The third-order valence-corrected chi connectivity index (χ3v) is 4.85. The van der Waals surface area contributed by atoms with Crippen LogP contribution in [0, 0.1) is 0 Å². The summed E-state index contributed by atoms with van der Waals surface area (Å²) in [5, 5.41) is 22.7. The molecule has 2 atom stereocenters. The summed E-state index contributed by atoms with van der Waals surface area (Å²) in [6, 6.07) is 5.02. The fourth-order valence-electron chi connectivity index (χ4n) is 2.07. The summed E-state index contributed by atoms with van der Waals surface area (Å²) in [5.74, 6) is -2.90. The molecule has 2 amide bonds. The zero-order chi connectivity index (χ0) is 21.1. The number of hydrogen-bond acceptors (Lipinski definition) is 6. The van der Waals surface area contributed by atoms with Crippen molar-refractivity contribution in [3.63, 3.8) is 0 Å². The fraction of sp³-hybridized carbons (Fsp3) is 0.412. The van der Waals surface area contributed by atoms with Crippen LogP contribution in [0.1, 0.15) is 18.4 Å². The Morgan fingerprint density at radius 1 is 1.21 bits per heavy atom. The van der Waals surface area contributed by atoms with Gasteiger partial charge < -0.3 is 26.6 Å². The number of carbonyl (C=O) groups excluding carboxylic acids is 2. The Labute approximate surface area is 171 Å². The topological polar surface area (TPSA) is 159 Å². The van der Waals surface area contributed by atoms with Crippen LogP contribution in [0.15, 0.2) is 24.3 Å². The number of thioether (sulfide) groups is 1. The normalized spacial score (nSPS) is 12.6. The average molecular weight is 432 g/mol. The van der Waals surface area contributed by atoms with Crippen molar-refractivity contribution in [1.82, 2.24) is 10.6 Å². The van der Waals surface area contributed by atoms with Gasteiger partial charge in [-0.05, 0) is 24.1 Å². The maximum absolute atomic E-state index is 12.2. The number of carboxylic acid groups (broad SMARTS) is 2. The van der Waals surface area contributed by atoms with Gasteiger partial charge in [0.2, 0.25) is 11.8 Å². The van der Waals surface area contributed by atoms with Crippen molar-refractivity contribution in [2.75, 3.05) is 12.3 Å². The van der Waals surface area contributed by atoms with Gasteiger partial charge in [-0.3, -0.25) is 19.2 Å². The van der Waals surface area contributed by atoms with Gasteiger partial charge in [-0.15, -0.1) is 0 Å². The molecule has 0 heterocycles. The standard InChI is InChI=1S/C17H22ClN3O6S/c18-11-3-1-2-10(6-11)8-28-9-13(16(25)20-7-15(23)24)21-14(22)5-4-12(19)17(26)27/h1-3,6,12-13H,4-5,7-9,19H2,(H,20,25)(H,21,22)(H,23,24)(H,26,27)/t12-,13-/m0/s1. The van der Waals surface area contributed by atoms with E-state index in [1.165, 1.54) is 11.8 Å². The molecule has 0 aromatic heterocycles. The molecule has 1 aromatic carbocycles. The van der Waals surface area contributed by atoms with E-state index in [1.54, 1.807) is 18.2 Å². The van der Waals surface area contributed by atoms with Crippen LogP contribution in [-0.2, 0) is 24.9 Å². The van der Waals surface area contributed by atoms with E-state index >= 15 is 0 Å². The predicted molar refractivity (Wildman–Crippen MR) is 105 cm³/mol. The highest BCUT2D eigenvalue weighted by atomic mass is 35.5. The summed E-state index contributed by atoms with van der Waals surface area (Å²) >= 11 is 7.28. The predicted octanol–water partition coefficient (Wildman–Crippen LogP) is 0.451. The number of rotatable bonds is 12. The molecule has 28 heavy (non-hydrogen) atoms. The lowest BCUT2D eigenvalue weighted by molar-refractivity contribution is -0.139. The highest BCUT2D eigenvalue weighted by Crippen LogP contribution is 2.17. The molecule has 0 spiro atoms. The molecular weight excluding hydrogens is 410 g/mol. The van der Waals surface area contributed by atoms with Crippen LogP contribution in [0.25, 0.3) is 0 Å². The van der Waals surface area contributed by atoms with Crippen molar-refractivity contribution >= 4 is 47.1 Å². The molecule has 1 rings (SSSR count). The Bertz CT molecular complexity index is 718. The van der Waals surface area contributed by atoms with Gasteiger partial charge in [0.05, 0.1) is 0 Å². The van der Waals surface area contributed by atoms with Gasteiger partial charge >= 0.3 is 11.9 Å². The summed E-state index contributed by atoms with van der Waals surface area (Å²) in [4.78, 5) is 45.5. The summed E-state index contributed by atoms with van der Waals surface area (Å²) in [6.07, 6.45) is -0.255. The number of halogens is 1. The van der Waals surface area contributed by atoms with Crippen LogP contribution < -0.4 is 16.4 Å². The van der Waals surface area contributed by atoms with Crippen LogP contribution >= 0.6 is 23.4 Å². The van der Waals surface area contributed by atoms with Crippen molar-refractivity contribution < 1.29 is 29.4 Å². The summed E-state index contributed by atoms with van der Waals surface area (Å²) in [5.41, 5.74) is 6.29. The second-order valence-electron chi connectivity index (χ2n) is 5.86. The Morgan fingerprint density at radius 2 is 1.93 bits per heavy atom. The third-order valence-electron chi connectivity index (χ3n) is 3.51. The molecule has 9 nitrogen and oxygen atoms in total. The smallest absolute Gasteiger partial charge is 0.322 e. The Balaban J connectivity index is 2.61. The highest BCUT2D eigenvalue weighted by molar-refractivity contribution is 7.98. The fourth-order valence-corrected chi connectivity index (χ4v) is 3.28. The van der Waals surface area contributed by atoms with E-state index in [0.29, 0.717) is 10.8 Å². The minimum absolute atomic E-state index is 0.0830. The number of hydrogen-bond donors (Lipinski definition) is 5. The number of carboxylic acids is 2. The zero-order valence-electron chi connectivity index (χ0n) is 14.9. The number of aliphatic carboxylic acids is 2. The Kier molecular flexibility index (Phi) is 10.4. The van der Waals surface area contributed by atoms with Gasteiger partial charge in [0.1, 0.15) is 18.6 Å². The summed E-state index contributed by atoms with van der Waals surface area (Å²) in [6.45, 7) is -0.575. The first kappa shape index (κ1) is 23.7. The Hall–Kier alpha value is -2.30. The molecule has 0 radical (unpaired) electrons. The molecule has 0 aliphatic rings. The zero-order valence-corrected chi connectivity index (χ0v) is 16.5. The summed E-state index contributed by atoms with van der Waals surface area (Å²) in [7, 11) is 0.